The van der Waals surface area contributed by atoms with Crippen LogP contribution < -0.4 is 14.8 Å². The van der Waals surface area contributed by atoms with Crippen molar-refractivity contribution in [3.05, 3.63) is 59.2 Å². The number of amides is 2. The van der Waals surface area contributed by atoms with Gasteiger partial charge in [0.1, 0.15) is 6.04 Å². The second kappa shape index (κ2) is 12.1. The third kappa shape index (κ3) is 6.74. The van der Waals surface area contributed by atoms with E-state index >= 15 is 0 Å². The maximum atomic E-state index is 13.4. The Morgan fingerprint density at radius 2 is 1.72 bits per heavy atom. The number of nitrogens with zero attached hydrogens (tertiary/aromatic N) is 1. The van der Waals surface area contributed by atoms with Gasteiger partial charge in [-0.15, -0.1) is 0 Å². The molecule has 0 heterocycles. The average Bonchev–Trinajstić information content (AvgIpc) is 2.77. The smallest absolute Gasteiger partial charge is 0.243 e. The second-order valence-electron chi connectivity index (χ2n) is 8.22. The first-order valence-electron chi connectivity index (χ1n) is 11.2. The monoisotopic (exact) mass is 440 g/mol. The molecule has 2 rings (SSSR count). The van der Waals surface area contributed by atoms with E-state index in [2.05, 4.69) is 5.32 Å². The lowest BCUT2D eigenvalue weighted by Crippen LogP contribution is -2.50. The fraction of sp³-hybridized carbons (Fsp3) is 0.462. The molecule has 32 heavy (non-hydrogen) atoms. The molecule has 1 atom stereocenters. The molecule has 2 aromatic rings. The molecule has 2 amide bonds. The molecule has 0 saturated heterocycles. The minimum absolute atomic E-state index is 0.0127. The van der Waals surface area contributed by atoms with Gasteiger partial charge in [-0.1, -0.05) is 37.3 Å². The molecule has 0 saturated carbocycles. The summed E-state index contributed by atoms with van der Waals surface area (Å²) in [5.74, 6) is 1.13. The van der Waals surface area contributed by atoms with Gasteiger partial charge in [0.05, 0.1) is 14.2 Å². The largest absolute Gasteiger partial charge is 0.493 e. The van der Waals surface area contributed by atoms with Crippen LogP contribution in [0.1, 0.15) is 50.3 Å². The van der Waals surface area contributed by atoms with Gasteiger partial charge in [0.2, 0.25) is 11.8 Å². The van der Waals surface area contributed by atoms with E-state index < -0.39 is 6.04 Å². The zero-order chi connectivity index (χ0) is 23.7. The zero-order valence-corrected chi connectivity index (χ0v) is 20.1. The van der Waals surface area contributed by atoms with Crippen molar-refractivity contribution in [2.75, 3.05) is 14.2 Å². The summed E-state index contributed by atoms with van der Waals surface area (Å²) in [6.07, 6.45) is 1.39. The number of methoxy groups -OCH3 is 2. The molecule has 0 radical (unpaired) electrons. The predicted molar refractivity (Wildman–Crippen MR) is 127 cm³/mol. The van der Waals surface area contributed by atoms with E-state index in [-0.39, 0.29) is 17.9 Å². The van der Waals surface area contributed by atoms with Gasteiger partial charge in [0.25, 0.3) is 0 Å². The molecular weight excluding hydrogens is 404 g/mol. The summed E-state index contributed by atoms with van der Waals surface area (Å²) in [5.41, 5.74) is 3.12. The van der Waals surface area contributed by atoms with E-state index in [9.17, 15) is 9.59 Å². The van der Waals surface area contributed by atoms with Crippen LogP contribution in [-0.2, 0) is 22.6 Å². The van der Waals surface area contributed by atoms with Crippen molar-refractivity contribution in [1.82, 2.24) is 10.2 Å². The van der Waals surface area contributed by atoms with E-state index in [4.69, 9.17) is 9.47 Å². The number of hydrogen-bond donors (Lipinski definition) is 1. The van der Waals surface area contributed by atoms with E-state index in [1.165, 1.54) is 0 Å². The Morgan fingerprint density at radius 3 is 2.31 bits per heavy atom. The van der Waals surface area contributed by atoms with Gasteiger partial charge >= 0.3 is 0 Å². The summed E-state index contributed by atoms with van der Waals surface area (Å²) < 4.78 is 10.7. The van der Waals surface area contributed by atoms with Crippen molar-refractivity contribution in [3.63, 3.8) is 0 Å². The van der Waals surface area contributed by atoms with Crippen molar-refractivity contribution in [1.29, 1.82) is 0 Å². The minimum atomic E-state index is -0.519. The van der Waals surface area contributed by atoms with Crippen molar-refractivity contribution in [2.45, 2.75) is 65.6 Å². The van der Waals surface area contributed by atoms with Gasteiger partial charge in [0.15, 0.2) is 11.5 Å². The number of nitrogens with one attached hydrogen (secondary N) is 1. The highest BCUT2D eigenvalue weighted by Crippen LogP contribution is 2.28. The van der Waals surface area contributed by atoms with E-state index in [1.807, 2.05) is 70.2 Å². The van der Waals surface area contributed by atoms with Crippen LogP contribution in [0.5, 0.6) is 11.5 Å². The van der Waals surface area contributed by atoms with Gasteiger partial charge in [0, 0.05) is 19.0 Å². The molecule has 0 fully saturated rings. The zero-order valence-electron chi connectivity index (χ0n) is 20.1. The molecule has 0 unspecified atom stereocenters. The number of carbonyl (C=O) groups excluding carboxylic acids is 2. The summed E-state index contributed by atoms with van der Waals surface area (Å²) in [6, 6.07) is 13.1. The molecule has 0 aliphatic rings. The first-order valence-corrected chi connectivity index (χ1v) is 11.2. The number of carbonyl (C=O) groups is 2. The molecule has 174 valence electrons. The Labute approximate surface area is 191 Å². The lowest BCUT2D eigenvalue weighted by molar-refractivity contribution is -0.141. The molecular formula is C26H36N2O4. The van der Waals surface area contributed by atoms with Gasteiger partial charge in [-0.2, -0.15) is 0 Å². The van der Waals surface area contributed by atoms with Crippen molar-refractivity contribution < 1.29 is 19.1 Å². The Bertz CT molecular complexity index is 910. The quantitative estimate of drug-likeness (QED) is 0.566. The lowest BCUT2D eigenvalue weighted by Gasteiger charge is -2.31. The molecule has 6 nitrogen and oxygen atoms in total. The first kappa shape index (κ1) is 25.2. The first-order chi connectivity index (χ1) is 15.3. The van der Waals surface area contributed by atoms with Gasteiger partial charge in [-0.3, -0.25) is 9.59 Å². The number of benzene rings is 2. The van der Waals surface area contributed by atoms with E-state index in [1.54, 1.807) is 19.1 Å². The van der Waals surface area contributed by atoms with Crippen molar-refractivity contribution >= 4 is 11.8 Å². The van der Waals surface area contributed by atoms with Crippen LogP contribution in [0.2, 0.25) is 0 Å². The standard InChI is InChI=1S/C26H36N2O4/c1-7-22(26(30)27-18(2)3)28(17-21-11-9-8-10-19(21)4)25(29)15-13-20-12-14-23(31-5)24(16-20)32-6/h8-12,14,16,18,22H,7,13,15,17H2,1-6H3,(H,27,30)/t22-/m0/s1. The van der Waals surface area contributed by atoms with E-state index in [0.29, 0.717) is 37.3 Å². The van der Waals surface area contributed by atoms with Crippen LogP contribution in [0.15, 0.2) is 42.5 Å². The van der Waals surface area contributed by atoms with Crippen LogP contribution in [-0.4, -0.2) is 43.0 Å². The van der Waals surface area contributed by atoms with Crippen molar-refractivity contribution in [3.8, 4) is 11.5 Å². The van der Waals surface area contributed by atoms with Gasteiger partial charge in [-0.25, -0.2) is 0 Å². The topological polar surface area (TPSA) is 67.9 Å². The average molecular weight is 441 g/mol. The van der Waals surface area contributed by atoms with Crippen LogP contribution in [0.4, 0.5) is 0 Å². The molecule has 0 aliphatic heterocycles. The molecule has 0 bridgehead atoms. The number of aryl methyl sites for hydroxylation is 2. The molecule has 0 aromatic heterocycles. The predicted octanol–water partition coefficient (Wildman–Crippen LogP) is 4.28. The molecule has 6 heteroatoms. The molecule has 1 N–H and O–H groups in total. The fourth-order valence-electron chi connectivity index (χ4n) is 3.70. The van der Waals surface area contributed by atoms with Crippen molar-refractivity contribution in [2.24, 2.45) is 0 Å². The highest BCUT2D eigenvalue weighted by Gasteiger charge is 2.29. The summed E-state index contributed by atoms with van der Waals surface area (Å²) in [6.45, 7) is 8.22. The van der Waals surface area contributed by atoms with Crippen LogP contribution in [0.25, 0.3) is 0 Å². The molecule has 2 aromatic carbocycles. The Balaban J connectivity index is 2.24. The highest BCUT2D eigenvalue weighted by atomic mass is 16.5. The van der Waals surface area contributed by atoms with Crippen LogP contribution in [0, 0.1) is 6.92 Å². The normalized spacial score (nSPS) is 11.7. The van der Waals surface area contributed by atoms with E-state index in [0.717, 1.165) is 16.7 Å². The Kier molecular flexibility index (Phi) is 9.57. The third-order valence-corrected chi connectivity index (χ3v) is 5.49. The summed E-state index contributed by atoms with van der Waals surface area (Å²) in [7, 11) is 3.19. The number of hydrogen-bond acceptors (Lipinski definition) is 4. The third-order valence-electron chi connectivity index (χ3n) is 5.49. The summed E-state index contributed by atoms with van der Waals surface area (Å²) in [4.78, 5) is 28.0. The Hall–Kier alpha value is -3.02. The maximum Gasteiger partial charge on any atom is 0.243 e. The number of rotatable bonds is 11. The fourth-order valence-corrected chi connectivity index (χ4v) is 3.70. The summed E-state index contributed by atoms with van der Waals surface area (Å²) >= 11 is 0. The van der Waals surface area contributed by atoms with Gasteiger partial charge in [-0.05, 0) is 62.4 Å². The second-order valence-corrected chi connectivity index (χ2v) is 8.22. The van der Waals surface area contributed by atoms with Crippen LogP contribution >= 0.6 is 0 Å². The molecule has 0 spiro atoms. The Morgan fingerprint density at radius 1 is 1.03 bits per heavy atom. The maximum absolute atomic E-state index is 13.4. The minimum Gasteiger partial charge on any atom is -0.493 e. The highest BCUT2D eigenvalue weighted by molar-refractivity contribution is 5.88. The lowest BCUT2D eigenvalue weighted by atomic mass is 10.0. The van der Waals surface area contributed by atoms with Gasteiger partial charge < -0.3 is 19.7 Å². The molecule has 0 aliphatic carbocycles. The SMILES string of the molecule is CC[C@@H](C(=O)NC(C)C)N(Cc1ccccc1C)C(=O)CCc1ccc(OC)c(OC)c1. The summed E-state index contributed by atoms with van der Waals surface area (Å²) in [5, 5.41) is 2.97. The number of ether oxygens (including phenoxy) is 2. The van der Waals surface area contributed by atoms with Crippen LogP contribution in [0.3, 0.4) is 0 Å².